The standard InChI is InChI=1S/C21H19FN4O2S/c1-2-26-11-15(9-18(26)21(27)28)17-10-19(25-12-24-17)23-5-3-13-7-14-4-6-29-20(14)16(22)8-13/h4,6-12H,2-3,5H2,1H3,(H,27,28)(H,23,24,25). The van der Waals surface area contributed by atoms with Gasteiger partial charge in [0.25, 0.3) is 0 Å². The molecule has 0 unspecified atom stereocenters. The van der Waals surface area contributed by atoms with Crippen LogP contribution in [0.2, 0.25) is 0 Å². The Labute approximate surface area is 170 Å². The van der Waals surface area contributed by atoms with Crippen molar-refractivity contribution < 1.29 is 14.3 Å². The monoisotopic (exact) mass is 410 g/mol. The van der Waals surface area contributed by atoms with E-state index in [0.717, 1.165) is 16.5 Å². The number of hydrogen-bond acceptors (Lipinski definition) is 5. The molecule has 2 N–H and O–H groups in total. The maximum absolute atomic E-state index is 14.1. The first-order valence-corrected chi connectivity index (χ1v) is 10.1. The van der Waals surface area contributed by atoms with Crippen LogP contribution in [-0.2, 0) is 13.0 Å². The fourth-order valence-electron chi connectivity index (χ4n) is 3.28. The highest BCUT2D eigenvalue weighted by molar-refractivity contribution is 7.17. The summed E-state index contributed by atoms with van der Waals surface area (Å²) in [6, 6.07) is 8.89. The second-order valence-electron chi connectivity index (χ2n) is 6.59. The number of carbonyl (C=O) groups is 1. The Balaban J connectivity index is 1.47. The summed E-state index contributed by atoms with van der Waals surface area (Å²) in [6.45, 7) is 3.03. The molecule has 0 radical (unpaired) electrons. The zero-order chi connectivity index (χ0) is 20.4. The molecule has 0 amide bonds. The van der Waals surface area contributed by atoms with Crippen LogP contribution >= 0.6 is 11.3 Å². The molecule has 0 bridgehead atoms. The number of nitrogens with zero attached hydrogens (tertiary/aromatic N) is 3. The molecule has 0 saturated heterocycles. The highest BCUT2D eigenvalue weighted by Crippen LogP contribution is 2.26. The van der Waals surface area contributed by atoms with E-state index in [1.807, 2.05) is 24.4 Å². The lowest BCUT2D eigenvalue weighted by molar-refractivity contribution is 0.0685. The van der Waals surface area contributed by atoms with Crippen LogP contribution in [0.4, 0.5) is 10.2 Å². The summed E-state index contributed by atoms with van der Waals surface area (Å²) in [5.74, 6) is -0.528. The number of aryl methyl sites for hydroxylation is 1. The number of carboxylic acid groups (broad SMARTS) is 1. The Morgan fingerprint density at radius 2 is 2.14 bits per heavy atom. The van der Waals surface area contributed by atoms with Gasteiger partial charge in [-0.05, 0) is 47.9 Å². The Morgan fingerprint density at radius 1 is 1.28 bits per heavy atom. The van der Waals surface area contributed by atoms with E-state index in [1.54, 1.807) is 29.0 Å². The molecule has 3 aromatic heterocycles. The van der Waals surface area contributed by atoms with Gasteiger partial charge in [-0.1, -0.05) is 6.07 Å². The van der Waals surface area contributed by atoms with E-state index in [0.29, 0.717) is 35.7 Å². The van der Waals surface area contributed by atoms with Crippen LogP contribution in [0.25, 0.3) is 21.3 Å². The molecule has 0 aliphatic heterocycles. The molecule has 0 fully saturated rings. The van der Waals surface area contributed by atoms with E-state index < -0.39 is 5.97 Å². The third-order valence-corrected chi connectivity index (χ3v) is 5.64. The molecule has 3 heterocycles. The van der Waals surface area contributed by atoms with E-state index in [9.17, 15) is 14.3 Å². The topological polar surface area (TPSA) is 80.0 Å². The van der Waals surface area contributed by atoms with Crippen LogP contribution in [-0.4, -0.2) is 32.2 Å². The third kappa shape index (κ3) is 3.97. The minimum absolute atomic E-state index is 0.188. The average molecular weight is 410 g/mol. The number of fused-ring (bicyclic) bond motifs is 1. The number of carboxylic acids is 1. The summed E-state index contributed by atoms with van der Waals surface area (Å²) in [4.78, 5) is 19.8. The summed E-state index contributed by atoms with van der Waals surface area (Å²) in [6.07, 6.45) is 3.87. The van der Waals surface area contributed by atoms with Crippen molar-refractivity contribution in [1.82, 2.24) is 14.5 Å². The number of halogens is 1. The molecule has 29 heavy (non-hydrogen) atoms. The lowest BCUT2D eigenvalue weighted by Gasteiger charge is -2.07. The predicted molar refractivity (Wildman–Crippen MR) is 112 cm³/mol. The molecule has 6 nitrogen and oxygen atoms in total. The number of aromatic carboxylic acids is 1. The molecule has 4 rings (SSSR count). The summed E-state index contributed by atoms with van der Waals surface area (Å²) < 4.78 is 16.5. The van der Waals surface area contributed by atoms with Crippen LogP contribution in [0.1, 0.15) is 23.0 Å². The van der Waals surface area contributed by atoms with E-state index in [1.165, 1.54) is 17.7 Å². The van der Waals surface area contributed by atoms with Gasteiger partial charge in [-0.15, -0.1) is 11.3 Å². The zero-order valence-electron chi connectivity index (χ0n) is 15.7. The molecule has 0 spiro atoms. The van der Waals surface area contributed by atoms with Gasteiger partial charge in [-0.25, -0.2) is 19.2 Å². The van der Waals surface area contributed by atoms with Gasteiger partial charge in [-0.2, -0.15) is 0 Å². The summed E-state index contributed by atoms with van der Waals surface area (Å²) in [5.41, 5.74) is 2.50. The van der Waals surface area contributed by atoms with E-state index >= 15 is 0 Å². The second-order valence-corrected chi connectivity index (χ2v) is 7.50. The molecule has 0 saturated carbocycles. The molecule has 148 valence electrons. The van der Waals surface area contributed by atoms with Gasteiger partial charge in [0.1, 0.15) is 23.7 Å². The average Bonchev–Trinajstić information content (AvgIpc) is 3.35. The number of hydrogen-bond donors (Lipinski definition) is 2. The maximum Gasteiger partial charge on any atom is 0.352 e. The van der Waals surface area contributed by atoms with Crippen molar-refractivity contribution in [2.45, 2.75) is 19.9 Å². The SMILES string of the molecule is CCn1cc(-c2cc(NCCc3cc(F)c4sccc4c3)ncn2)cc1C(=O)O. The molecule has 8 heteroatoms. The van der Waals surface area contributed by atoms with Gasteiger partial charge in [0.05, 0.1) is 10.4 Å². The Hall–Kier alpha value is -3.26. The third-order valence-electron chi connectivity index (χ3n) is 4.70. The van der Waals surface area contributed by atoms with Crippen LogP contribution in [0, 0.1) is 5.82 Å². The Bertz CT molecular complexity index is 1180. The highest BCUT2D eigenvalue weighted by atomic mass is 32.1. The van der Waals surface area contributed by atoms with Gasteiger partial charge >= 0.3 is 5.97 Å². The molecular formula is C21H19FN4O2S. The lowest BCUT2D eigenvalue weighted by Crippen LogP contribution is -2.07. The summed E-state index contributed by atoms with van der Waals surface area (Å²) in [5, 5.41) is 15.4. The van der Waals surface area contributed by atoms with Gasteiger partial charge in [-0.3, -0.25) is 0 Å². The van der Waals surface area contributed by atoms with Crippen molar-refractivity contribution in [3.8, 4) is 11.3 Å². The number of aromatic nitrogens is 3. The second kappa shape index (κ2) is 8.00. The zero-order valence-corrected chi connectivity index (χ0v) is 16.5. The normalized spacial score (nSPS) is 11.1. The fraction of sp³-hybridized carbons (Fsp3) is 0.190. The van der Waals surface area contributed by atoms with Gasteiger partial charge in [0.2, 0.25) is 0 Å². The molecule has 1 aromatic carbocycles. The van der Waals surface area contributed by atoms with Crippen LogP contribution in [0.3, 0.4) is 0 Å². The van der Waals surface area contributed by atoms with Crippen molar-refractivity contribution in [1.29, 1.82) is 0 Å². The van der Waals surface area contributed by atoms with Crippen molar-refractivity contribution in [2.24, 2.45) is 0 Å². The number of benzene rings is 1. The van der Waals surface area contributed by atoms with Gasteiger partial charge in [0, 0.05) is 30.9 Å². The Morgan fingerprint density at radius 3 is 2.90 bits per heavy atom. The van der Waals surface area contributed by atoms with E-state index in [-0.39, 0.29) is 11.5 Å². The van der Waals surface area contributed by atoms with E-state index in [2.05, 4.69) is 15.3 Å². The first-order chi connectivity index (χ1) is 14.0. The highest BCUT2D eigenvalue weighted by Gasteiger charge is 2.14. The van der Waals surface area contributed by atoms with Crippen LogP contribution in [0.15, 0.2) is 48.2 Å². The Kier molecular flexibility index (Phi) is 5.26. The number of rotatable bonds is 7. The fourth-order valence-corrected chi connectivity index (χ4v) is 4.06. The van der Waals surface area contributed by atoms with Gasteiger partial charge in [0.15, 0.2) is 0 Å². The minimum Gasteiger partial charge on any atom is -0.477 e. The van der Waals surface area contributed by atoms with Crippen LogP contribution < -0.4 is 5.32 Å². The van der Waals surface area contributed by atoms with Crippen molar-refractivity contribution in [3.05, 3.63) is 65.3 Å². The molecule has 0 atom stereocenters. The molecule has 0 aliphatic carbocycles. The van der Waals surface area contributed by atoms with E-state index in [4.69, 9.17) is 0 Å². The lowest BCUT2D eigenvalue weighted by atomic mass is 10.1. The maximum atomic E-state index is 14.1. The molecular weight excluding hydrogens is 391 g/mol. The summed E-state index contributed by atoms with van der Waals surface area (Å²) >= 11 is 1.40. The van der Waals surface area contributed by atoms with Crippen molar-refractivity contribution in [3.63, 3.8) is 0 Å². The smallest absolute Gasteiger partial charge is 0.352 e. The van der Waals surface area contributed by atoms with Crippen LogP contribution in [0.5, 0.6) is 0 Å². The summed E-state index contributed by atoms with van der Waals surface area (Å²) in [7, 11) is 0. The number of anilines is 1. The molecule has 0 aliphatic rings. The first-order valence-electron chi connectivity index (χ1n) is 9.20. The number of nitrogens with one attached hydrogen (secondary N) is 1. The van der Waals surface area contributed by atoms with Crippen molar-refractivity contribution >= 4 is 33.2 Å². The quantitative estimate of drug-likeness (QED) is 0.463. The predicted octanol–water partition coefficient (Wildman–Crippen LogP) is 4.67. The van der Waals surface area contributed by atoms with Gasteiger partial charge < -0.3 is 15.0 Å². The minimum atomic E-state index is -0.972. The molecule has 4 aromatic rings. The number of thiophene rings is 1. The first kappa shape index (κ1) is 19.1. The largest absolute Gasteiger partial charge is 0.477 e. The van der Waals surface area contributed by atoms with Crippen molar-refractivity contribution in [2.75, 3.05) is 11.9 Å².